The number of amides is 1. The second kappa shape index (κ2) is 7.04. The number of ether oxygens (including phenoxy) is 1. The van der Waals surface area contributed by atoms with Crippen molar-refractivity contribution in [2.45, 2.75) is 20.0 Å². The Labute approximate surface area is 140 Å². The van der Waals surface area contributed by atoms with E-state index in [-0.39, 0.29) is 12.2 Å². The van der Waals surface area contributed by atoms with E-state index in [0.717, 1.165) is 35.6 Å². The number of nitrogens with one attached hydrogen (secondary N) is 1. The molecule has 0 saturated heterocycles. The predicted octanol–water partition coefficient (Wildman–Crippen LogP) is 4.50. The van der Waals surface area contributed by atoms with Crippen LogP contribution in [0.5, 0.6) is 0 Å². The number of halogens is 3. The monoisotopic (exact) mass is 357 g/mol. The van der Waals surface area contributed by atoms with Gasteiger partial charge >= 0.3 is 12.1 Å². The summed E-state index contributed by atoms with van der Waals surface area (Å²) >= 11 is 1.05. The zero-order valence-electron chi connectivity index (χ0n) is 12.9. The van der Waals surface area contributed by atoms with Gasteiger partial charge in [-0.2, -0.15) is 13.2 Å². The lowest BCUT2D eigenvalue weighted by Crippen LogP contribution is -2.12. The molecule has 1 aromatic heterocycles. The lowest BCUT2D eigenvalue weighted by Gasteiger charge is -2.07. The molecule has 1 heterocycles. The average molecular weight is 357 g/mol. The highest BCUT2D eigenvalue weighted by atomic mass is 32.1. The largest absolute Gasteiger partial charge is 0.462 e. The standard InChI is InChI=1S/C16H14F3NO3S/c1-3-23-15(22)13-9(2)8-12(24-13)20-14(21)10-4-6-11(7-5-10)16(17,18)19/h4-8H,3H2,1-2H3,(H,20,21). The van der Waals surface area contributed by atoms with Crippen molar-refractivity contribution in [2.75, 3.05) is 11.9 Å². The van der Waals surface area contributed by atoms with Gasteiger partial charge in [0.05, 0.1) is 17.2 Å². The van der Waals surface area contributed by atoms with E-state index in [1.165, 1.54) is 0 Å². The SMILES string of the molecule is CCOC(=O)c1sc(NC(=O)c2ccc(C(F)(F)F)cc2)cc1C. The molecule has 4 nitrogen and oxygen atoms in total. The van der Waals surface area contributed by atoms with Crippen molar-refractivity contribution in [3.8, 4) is 0 Å². The second-order valence-electron chi connectivity index (χ2n) is 4.87. The first-order valence-corrected chi connectivity index (χ1v) is 7.80. The van der Waals surface area contributed by atoms with Crippen molar-refractivity contribution in [1.29, 1.82) is 0 Å². The van der Waals surface area contributed by atoms with Crippen LogP contribution in [0.25, 0.3) is 0 Å². The quantitative estimate of drug-likeness (QED) is 0.820. The molecule has 1 N–H and O–H groups in total. The average Bonchev–Trinajstić information content (AvgIpc) is 2.87. The summed E-state index contributed by atoms with van der Waals surface area (Å²) in [5.74, 6) is -1.03. The summed E-state index contributed by atoms with van der Waals surface area (Å²) in [5.41, 5.74) is -0.0801. The fraction of sp³-hybridized carbons (Fsp3) is 0.250. The van der Waals surface area contributed by atoms with Crippen LogP contribution in [0.1, 0.15) is 38.1 Å². The number of carbonyl (C=O) groups is 2. The minimum Gasteiger partial charge on any atom is -0.462 e. The molecule has 8 heteroatoms. The normalized spacial score (nSPS) is 11.2. The van der Waals surface area contributed by atoms with Crippen LogP contribution in [0.3, 0.4) is 0 Å². The lowest BCUT2D eigenvalue weighted by molar-refractivity contribution is -0.137. The van der Waals surface area contributed by atoms with Crippen molar-refractivity contribution in [3.05, 3.63) is 51.9 Å². The predicted molar refractivity (Wildman–Crippen MR) is 84.4 cm³/mol. The fourth-order valence-electron chi connectivity index (χ4n) is 1.94. The Kier molecular flexibility index (Phi) is 5.28. The molecule has 0 aliphatic heterocycles. The molecule has 2 rings (SSSR count). The minimum atomic E-state index is -4.45. The Balaban J connectivity index is 2.12. The molecule has 1 aromatic carbocycles. The first kappa shape index (κ1) is 18.0. The third-order valence-corrected chi connectivity index (χ3v) is 4.22. The van der Waals surface area contributed by atoms with Crippen LogP contribution < -0.4 is 5.32 Å². The molecule has 128 valence electrons. The Morgan fingerprint density at radius 1 is 1.21 bits per heavy atom. The summed E-state index contributed by atoms with van der Waals surface area (Å²) in [7, 11) is 0. The highest BCUT2D eigenvalue weighted by Crippen LogP contribution is 2.30. The summed E-state index contributed by atoms with van der Waals surface area (Å²) in [6.45, 7) is 3.63. The van der Waals surface area contributed by atoms with Gasteiger partial charge in [-0.1, -0.05) is 0 Å². The number of hydrogen-bond acceptors (Lipinski definition) is 4. The van der Waals surface area contributed by atoms with Gasteiger partial charge < -0.3 is 10.1 Å². The number of aryl methyl sites for hydroxylation is 1. The lowest BCUT2D eigenvalue weighted by atomic mass is 10.1. The molecule has 0 radical (unpaired) electrons. The van der Waals surface area contributed by atoms with Crippen molar-refractivity contribution in [3.63, 3.8) is 0 Å². The molecule has 0 bridgehead atoms. The number of esters is 1. The summed E-state index contributed by atoms with van der Waals surface area (Å²) in [6.07, 6.45) is -4.45. The van der Waals surface area contributed by atoms with Gasteiger partial charge in [-0.3, -0.25) is 4.79 Å². The minimum absolute atomic E-state index is 0.0896. The van der Waals surface area contributed by atoms with Crippen LogP contribution in [0, 0.1) is 6.92 Å². The molecule has 0 atom stereocenters. The first-order valence-electron chi connectivity index (χ1n) is 6.98. The molecule has 0 aliphatic rings. The van der Waals surface area contributed by atoms with E-state index in [0.29, 0.717) is 15.4 Å². The van der Waals surface area contributed by atoms with Gasteiger partial charge in [0, 0.05) is 5.56 Å². The third-order valence-electron chi connectivity index (χ3n) is 3.09. The van der Waals surface area contributed by atoms with Crippen LogP contribution in [-0.4, -0.2) is 18.5 Å². The molecule has 2 aromatic rings. The molecular weight excluding hydrogens is 343 g/mol. The zero-order valence-corrected chi connectivity index (χ0v) is 13.7. The van der Waals surface area contributed by atoms with Gasteiger partial charge in [-0.05, 0) is 49.7 Å². The van der Waals surface area contributed by atoms with E-state index in [1.54, 1.807) is 19.9 Å². The second-order valence-corrected chi connectivity index (χ2v) is 5.92. The summed E-state index contributed by atoms with van der Waals surface area (Å²) in [4.78, 5) is 24.2. The molecule has 24 heavy (non-hydrogen) atoms. The number of carbonyl (C=O) groups excluding carboxylic acids is 2. The Bertz CT molecular complexity index is 751. The smallest absolute Gasteiger partial charge is 0.416 e. The number of anilines is 1. The number of alkyl halides is 3. The molecule has 0 fully saturated rings. The Morgan fingerprint density at radius 2 is 1.83 bits per heavy atom. The summed E-state index contributed by atoms with van der Waals surface area (Å²) < 4.78 is 42.4. The van der Waals surface area contributed by atoms with Gasteiger partial charge in [-0.25, -0.2) is 4.79 Å². The number of hydrogen-bond donors (Lipinski definition) is 1. The van der Waals surface area contributed by atoms with Crippen LogP contribution >= 0.6 is 11.3 Å². The topological polar surface area (TPSA) is 55.4 Å². The molecule has 0 spiro atoms. The van der Waals surface area contributed by atoms with Gasteiger partial charge in [0.25, 0.3) is 5.91 Å². The van der Waals surface area contributed by atoms with Crippen LogP contribution in [-0.2, 0) is 10.9 Å². The molecule has 0 unspecified atom stereocenters. The van der Waals surface area contributed by atoms with Gasteiger partial charge in [0.1, 0.15) is 4.88 Å². The van der Waals surface area contributed by atoms with Gasteiger partial charge in [0.2, 0.25) is 0 Å². The number of rotatable bonds is 4. The van der Waals surface area contributed by atoms with Crippen molar-refractivity contribution >= 4 is 28.2 Å². The van der Waals surface area contributed by atoms with Crippen molar-refractivity contribution in [2.24, 2.45) is 0 Å². The highest BCUT2D eigenvalue weighted by Gasteiger charge is 2.30. The van der Waals surface area contributed by atoms with E-state index >= 15 is 0 Å². The van der Waals surface area contributed by atoms with Crippen molar-refractivity contribution < 1.29 is 27.5 Å². The maximum atomic E-state index is 12.5. The van der Waals surface area contributed by atoms with Crippen LogP contribution in [0.15, 0.2) is 30.3 Å². The van der Waals surface area contributed by atoms with Crippen molar-refractivity contribution in [1.82, 2.24) is 0 Å². The summed E-state index contributed by atoms with van der Waals surface area (Å²) in [6, 6.07) is 5.51. The van der Waals surface area contributed by atoms with Crippen LogP contribution in [0.2, 0.25) is 0 Å². The van der Waals surface area contributed by atoms with E-state index < -0.39 is 23.6 Å². The molecule has 0 saturated carbocycles. The summed E-state index contributed by atoms with van der Waals surface area (Å²) in [5, 5.41) is 2.98. The van der Waals surface area contributed by atoms with E-state index in [4.69, 9.17) is 4.74 Å². The molecule has 1 amide bonds. The van der Waals surface area contributed by atoms with Crippen LogP contribution in [0.4, 0.5) is 18.2 Å². The molecule has 0 aliphatic carbocycles. The number of thiophene rings is 1. The van der Waals surface area contributed by atoms with Gasteiger partial charge in [-0.15, -0.1) is 11.3 Å². The number of benzene rings is 1. The zero-order chi connectivity index (χ0) is 17.9. The Hall–Kier alpha value is -2.35. The maximum Gasteiger partial charge on any atom is 0.416 e. The van der Waals surface area contributed by atoms with E-state index in [1.807, 2.05) is 0 Å². The van der Waals surface area contributed by atoms with E-state index in [2.05, 4.69) is 5.32 Å². The third kappa shape index (κ3) is 4.14. The van der Waals surface area contributed by atoms with Gasteiger partial charge in [0.15, 0.2) is 0 Å². The van der Waals surface area contributed by atoms with E-state index in [9.17, 15) is 22.8 Å². The maximum absolute atomic E-state index is 12.5. The Morgan fingerprint density at radius 3 is 2.38 bits per heavy atom. The fourth-order valence-corrected chi connectivity index (χ4v) is 2.90. The molecular formula is C16H14F3NO3S. The first-order chi connectivity index (χ1) is 11.2. The highest BCUT2D eigenvalue weighted by molar-refractivity contribution is 7.18.